The van der Waals surface area contributed by atoms with Crippen LogP contribution in [0.3, 0.4) is 0 Å². The number of rotatable bonds is 4. The first kappa shape index (κ1) is 17.3. The molecule has 0 spiro atoms. The van der Waals surface area contributed by atoms with Crippen molar-refractivity contribution in [1.29, 1.82) is 5.26 Å². The lowest BCUT2D eigenvalue weighted by atomic mass is 10.0. The van der Waals surface area contributed by atoms with Crippen molar-refractivity contribution in [2.45, 2.75) is 6.92 Å². The highest BCUT2D eigenvalue weighted by Crippen LogP contribution is 2.39. The van der Waals surface area contributed by atoms with Gasteiger partial charge in [-0.05, 0) is 53.7 Å². The minimum Gasteiger partial charge on any atom is -0.505 e. The van der Waals surface area contributed by atoms with Gasteiger partial charge in [0.2, 0.25) is 17.2 Å². The zero-order valence-corrected chi connectivity index (χ0v) is 14.6. The van der Waals surface area contributed by atoms with Gasteiger partial charge in [-0.3, -0.25) is 5.32 Å². The average molecular weight is 369 g/mol. The van der Waals surface area contributed by atoms with Crippen LogP contribution < -0.4 is 10.6 Å². The zero-order valence-electron chi connectivity index (χ0n) is 13.8. The van der Waals surface area contributed by atoms with E-state index in [1.54, 1.807) is 25.4 Å². The number of phenolic OH excluding ortho intramolecular Hbond substituents is 1. The Balaban J connectivity index is 2.00. The van der Waals surface area contributed by atoms with Gasteiger partial charge in [0.15, 0.2) is 11.9 Å². The van der Waals surface area contributed by atoms with Crippen molar-refractivity contribution < 1.29 is 5.11 Å². The van der Waals surface area contributed by atoms with Gasteiger partial charge >= 0.3 is 0 Å². The van der Waals surface area contributed by atoms with E-state index in [1.807, 2.05) is 19.1 Å². The monoisotopic (exact) mass is 368 g/mol. The summed E-state index contributed by atoms with van der Waals surface area (Å²) < 4.78 is 0. The van der Waals surface area contributed by atoms with Crippen molar-refractivity contribution in [3.8, 4) is 11.9 Å². The van der Waals surface area contributed by atoms with Crippen LogP contribution in [0.5, 0.6) is 5.75 Å². The number of fused-ring (bicyclic) bond motifs is 1. The molecule has 3 rings (SSSR count). The van der Waals surface area contributed by atoms with Gasteiger partial charge in [0.05, 0.1) is 0 Å². The Kier molecular flexibility index (Phi) is 4.77. The number of nitrogens with one attached hydrogen (secondary N) is 2. The van der Waals surface area contributed by atoms with Crippen LogP contribution in [-0.4, -0.2) is 27.1 Å². The zero-order chi connectivity index (χ0) is 18.7. The molecule has 0 aliphatic carbocycles. The van der Waals surface area contributed by atoms with Crippen molar-refractivity contribution in [1.82, 2.24) is 15.0 Å². The number of hydrogen-bond acceptors (Lipinski definition) is 9. The van der Waals surface area contributed by atoms with Crippen molar-refractivity contribution in [3.05, 3.63) is 35.1 Å². The van der Waals surface area contributed by atoms with Crippen LogP contribution >= 0.6 is 11.6 Å². The number of aryl methyl sites for hydroxylation is 1. The number of halogens is 1. The van der Waals surface area contributed by atoms with E-state index in [2.05, 4.69) is 35.8 Å². The van der Waals surface area contributed by atoms with Gasteiger partial charge in [-0.1, -0.05) is 0 Å². The van der Waals surface area contributed by atoms with Gasteiger partial charge in [0, 0.05) is 18.1 Å². The molecule has 0 unspecified atom stereocenters. The molecule has 130 valence electrons. The fourth-order valence-electron chi connectivity index (χ4n) is 2.46. The van der Waals surface area contributed by atoms with Gasteiger partial charge in [0.1, 0.15) is 5.69 Å². The van der Waals surface area contributed by atoms with E-state index < -0.39 is 0 Å². The van der Waals surface area contributed by atoms with Crippen LogP contribution in [0.15, 0.2) is 34.5 Å². The van der Waals surface area contributed by atoms with Gasteiger partial charge < -0.3 is 10.4 Å². The molecule has 10 heteroatoms. The van der Waals surface area contributed by atoms with Crippen molar-refractivity contribution in [2.24, 2.45) is 10.2 Å². The van der Waals surface area contributed by atoms with E-state index in [-0.39, 0.29) is 22.9 Å². The van der Waals surface area contributed by atoms with E-state index in [1.165, 1.54) is 0 Å². The molecule has 0 fully saturated rings. The lowest BCUT2D eigenvalue weighted by Gasteiger charge is -2.10. The summed E-state index contributed by atoms with van der Waals surface area (Å²) in [5.74, 6) is 0.291. The maximum Gasteiger partial charge on any atom is 0.242 e. The highest BCUT2D eigenvalue weighted by atomic mass is 35.5. The number of nitrogens with zero attached hydrogens (tertiary/aromatic N) is 6. The third-order valence-corrected chi connectivity index (χ3v) is 3.68. The third kappa shape index (κ3) is 3.45. The second-order valence-corrected chi connectivity index (χ2v) is 5.58. The molecule has 26 heavy (non-hydrogen) atoms. The summed E-state index contributed by atoms with van der Waals surface area (Å²) in [5, 5.41) is 33.5. The highest BCUT2D eigenvalue weighted by Gasteiger charge is 2.11. The number of azo groups is 1. The molecule has 0 atom stereocenters. The van der Waals surface area contributed by atoms with Crippen LogP contribution in [0.1, 0.15) is 5.56 Å². The molecule has 9 nitrogen and oxygen atoms in total. The first-order chi connectivity index (χ1) is 12.5. The summed E-state index contributed by atoms with van der Waals surface area (Å²) in [6, 6.07) is 7.22. The van der Waals surface area contributed by atoms with Crippen LogP contribution in [0, 0.1) is 18.4 Å². The number of aromatic nitrogens is 3. The van der Waals surface area contributed by atoms with Crippen LogP contribution in [-0.2, 0) is 0 Å². The number of aromatic hydroxyl groups is 1. The van der Waals surface area contributed by atoms with E-state index in [0.29, 0.717) is 16.8 Å². The Labute approximate surface area is 153 Å². The first-order valence-electron chi connectivity index (χ1n) is 7.41. The Morgan fingerprint density at radius 3 is 2.69 bits per heavy atom. The molecule has 1 heterocycles. The number of hydrogen-bond donors (Lipinski definition) is 3. The van der Waals surface area contributed by atoms with Gasteiger partial charge in [-0.2, -0.15) is 30.4 Å². The van der Waals surface area contributed by atoms with Crippen LogP contribution in [0.25, 0.3) is 10.8 Å². The van der Waals surface area contributed by atoms with Gasteiger partial charge in [0.25, 0.3) is 0 Å². The molecule has 0 aliphatic rings. The number of benzene rings is 2. The van der Waals surface area contributed by atoms with Crippen molar-refractivity contribution in [2.75, 3.05) is 17.7 Å². The molecule has 0 radical (unpaired) electrons. The number of anilines is 3. The minimum absolute atomic E-state index is 0.0406. The molecule has 3 aromatic rings. The molecule has 0 bridgehead atoms. The molecule has 1 aromatic heterocycles. The largest absolute Gasteiger partial charge is 0.505 e. The molecule has 2 aromatic carbocycles. The number of phenols is 1. The standard InChI is InChI=1S/C16H13ClN8O/c1-8-5-9-6-10(3-4-11(9)13(26)12(8)25-19-2)21-16-23-14(17)22-15(24-16)20-7-18/h3-6,26H,1-2H3,(H2,20,21,22,23,24). The van der Waals surface area contributed by atoms with E-state index >= 15 is 0 Å². The Morgan fingerprint density at radius 1 is 1.19 bits per heavy atom. The first-order valence-corrected chi connectivity index (χ1v) is 7.79. The topological polar surface area (TPSA) is 131 Å². The summed E-state index contributed by atoms with van der Waals surface area (Å²) in [6.45, 7) is 1.84. The van der Waals surface area contributed by atoms with E-state index in [4.69, 9.17) is 16.9 Å². The average Bonchev–Trinajstić information content (AvgIpc) is 2.58. The predicted octanol–water partition coefficient (Wildman–Crippen LogP) is 4.04. The molecule has 0 saturated heterocycles. The maximum absolute atomic E-state index is 10.4. The lowest BCUT2D eigenvalue weighted by Crippen LogP contribution is -2.03. The quantitative estimate of drug-likeness (QED) is 0.359. The highest BCUT2D eigenvalue weighted by molar-refractivity contribution is 6.28. The number of nitriles is 1. The fourth-order valence-corrected chi connectivity index (χ4v) is 2.62. The Morgan fingerprint density at radius 2 is 1.96 bits per heavy atom. The normalized spacial score (nSPS) is 10.8. The maximum atomic E-state index is 10.4. The van der Waals surface area contributed by atoms with E-state index in [0.717, 1.165) is 10.9 Å². The Bertz CT molecular complexity index is 1060. The molecule has 0 saturated carbocycles. The minimum atomic E-state index is -0.0518. The van der Waals surface area contributed by atoms with Crippen LogP contribution in [0.4, 0.5) is 23.3 Å². The predicted molar refractivity (Wildman–Crippen MR) is 98.1 cm³/mol. The van der Waals surface area contributed by atoms with Crippen molar-refractivity contribution in [3.63, 3.8) is 0 Å². The second kappa shape index (κ2) is 7.16. The summed E-state index contributed by atoms with van der Waals surface area (Å²) in [4.78, 5) is 11.8. The summed E-state index contributed by atoms with van der Waals surface area (Å²) in [6.07, 6.45) is 1.72. The molecule has 3 N–H and O–H groups in total. The molecule has 0 amide bonds. The molecular formula is C16H13ClN8O. The van der Waals surface area contributed by atoms with E-state index in [9.17, 15) is 5.11 Å². The second-order valence-electron chi connectivity index (χ2n) is 5.24. The van der Waals surface area contributed by atoms with Gasteiger partial charge in [-0.15, -0.1) is 0 Å². The fraction of sp³-hybridized carbons (Fsp3) is 0.125. The lowest BCUT2D eigenvalue weighted by molar-refractivity contribution is 0.482. The third-order valence-electron chi connectivity index (χ3n) is 3.51. The van der Waals surface area contributed by atoms with Gasteiger partial charge in [-0.25, -0.2) is 0 Å². The molecule has 0 aliphatic heterocycles. The SMILES string of the molecule is CN=Nc1c(C)cc2cc(Nc3nc(Cl)nc(NC#N)n3)ccc2c1O. The summed E-state index contributed by atoms with van der Waals surface area (Å²) in [7, 11) is 1.55. The molecular weight excluding hydrogens is 356 g/mol. The summed E-state index contributed by atoms with van der Waals surface area (Å²) >= 11 is 5.83. The van der Waals surface area contributed by atoms with Crippen LogP contribution in [0.2, 0.25) is 5.28 Å². The Hall–Kier alpha value is -3.51. The summed E-state index contributed by atoms with van der Waals surface area (Å²) in [5.41, 5.74) is 1.91. The smallest absolute Gasteiger partial charge is 0.242 e. The van der Waals surface area contributed by atoms with Crippen molar-refractivity contribution >= 4 is 45.6 Å².